The maximum absolute atomic E-state index is 12.8. The molecule has 7 heteroatoms. The Kier molecular flexibility index (Phi) is 5.71. The van der Waals surface area contributed by atoms with Gasteiger partial charge in [0.2, 0.25) is 17.7 Å². The van der Waals surface area contributed by atoms with Crippen molar-refractivity contribution >= 4 is 17.2 Å². The van der Waals surface area contributed by atoms with E-state index >= 15 is 0 Å². The molecule has 2 aromatic heterocycles. The molecule has 1 amide bonds. The van der Waals surface area contributed by atoms with Crippen molar-refractivity contribution < 1.29 is 13.9 Å². The van der Waals surface area contributed by atoms with Crippen LogP contribution in [0.3, 0.4) is 0 Å². The van der Waals surface area contributed by atoms with Gasteiger partial charge in [-0.25, -0.2) is 0 Å². The Bertz CT molecular complexity index is 905. The third-order valence-corrected chi connectivity index (χ3v) is 5.61. The van der Waals surface area contributed by atoms with Gasteiger partial charge < -0.3 is 14.1 Å². The van der Waals surface area contributed by atoms with Crippen LogP contribution in [0.25, 0.3) is 11.5 Å². The van der Waals surface area contributed by atoms with Gasteiger partial charge in [-0.15, -0.1) is 10.2 Å². The van der Waals surface area contributed by atoms with E-state index in [4.69, 9.17) is 9.15 Å². The number of thiophene rings is 1. The average Bonchev–Trinajstić information content (AvgIpc) is 3.42. The molecular formula is C21H23N3O3S. The van der Waals surface area contributed by atoms with E-state index in [0.29, 0.717) is 31.4 Å². The summed E-state index contributed by atoms with van der Waals surface area (Å²) < 4.78 is 11.3. The molecule has 1 atom stereocenters. The van der Waals surface area contributed by atoms with Crippen molar-refractivity contribution in [3.05, 3.63) is 52.5 Å². The predicted octanol–water partition coefficient (Wildman–Crippen LogP) is 4.15. The van der Waals surface area contributed by atoms with Crippen LogP contribution in [0.5, 0.6) is 5.75 Å². The molecule has 28 heavy (non-hydrogen) atoms. The molecule has 0 saturated carbocycles. The summed E-state index contributed by atoms with van der Waals surface area (Å²) in [6.07, 6.45) is 2.29. The van der Waals surface area contributed by atoms with Gasteiger partial charge in [0.25, 0.3) is 0 Å². The highest BCUT2D eigenvalue weighted by atomic mass is 32.1. The fourth-order valence-corrected chi connectivity index (χ4v) is 4.09. The third-order valence-electron chi connectivity index (χ3n) is 4.92. The van der Waals surface area contributed by atoms with E-state index in [1.165, 1.54) is 0 Å². The fraction of sp³-hybridized carbons (Fsp3) is 0.381. The second-order valence-electron chi connectivity index (χ2n) is 6.89. The van der Waals surface area contributed by atoms with E-state index in [9.17, 15) is 4.79 Å². The Morgan fingerprint density at radius 2 is 2.14 bits per heavy atom. The van der Waals surface area contributed by atoms with Gasteiger partial charge >= 0.3 is 0 Å². The SMILES string of the molecule is CCOc1ccc(CC(=O)N2CCC[C@@H](c3nnc(-c4ccsc4)o3)C2)cc1. The standard InChI is InChI=1S/C21H23N3O3S/c1-2-26-18-7-5-15(6-8-18)12-19(25)24-10-3-4-16(13-24)20-22-23-21(27-20)17-9-11-28-14-17/h5-9,11,14,16H,2-4,10,12-13H2,1H3/t16-/m1/s1. The largest absolute Gasteiger partial charge is 0.494 e. The van der Waals surface area contributed by atoms with E-state index in [0.717, 1.165) is 36.3 Å². The lowest BCUT2D eigenvalue weighted by Gasteiger charge is -2.31. The molecule has 0 spiro atoms. The lowest BCUT2D eigenvalue weighted by molar-refractivity contribution is -0.131. The highest BCUT2D eigenvalue weighted by molar-refractivity contribution is 7.08. The van der Waals surface area contributed by atoms with Gasteiger partial charge in [0.1, 0.15) is 5.75 Å². The minimum atomic E-state index is 0.0953. The number of carbonyl (C=O) groups excluding carboxylic acids is 1. The van der Waals surface area contributed by atoms with Gasteiger partial charge in [0, 0.05) is 24.0 Å². The quantitative estimate of drug-likeness (QED) is 0.625. The van der Waals surface area contributed by atoms with Crippen LogP contribution in [0.2, 0.25) is 0 Å². The van der Waals surface area contributed by atoms with Crippen LogP contribution >= 0.6 is 11.3 Å². The first kappa shape index (κ1) is 18.7. The van der Waals surface area contributed by atoms with Gasteiger partial charge in [0.15, 0.2) is 0 Å². The molecule has 146 valence electrons. The molecule has 0 aliphatic carbocycles. The molecule has 3 aromatic rings. The predicted molar refractivity (Wildman–Crippen MR) is 107 cm³/mol. The number of ether oxygens (including phenoxy) is 1. The Morgan fingerprint density at radius 3 is 2.89 bits per heavy atom. The summed E-state index contributed by atoms with van der Waals surface area (Å²) in [5.41, 5.74) is 1.94. The fourth-order valence-electron chi connectivity index (χ4n) is 3.46. The first-order valence-corrected chi connectivity index (χ1v) is 10.5. The summed E-state index contributed by atoms with van der Waals surface area (Å²) >= 11 is 1.60. The first-order chi connectivity index (χ1) is 13.7. The number of carbonyl (C=O) groups is 1. The first-order valence-electron chi connectivity index (χ1n) is 9.58. The molecule has 0 radical (unpaired) electrons. The van der Waals surface area contributed by atoms with Crippen molar-refractivity contribution in [2.75, 3.05) is 19.7 Å². The highest BCUT2D eigenvalue weighted by Gasteiger charge is 2.28. The van der Waals surface area contributed by atoms with Gasteiger partial charge in [-0.2, -0.15) is 11.3 Å². The van der Waals surface area contributed by atoms with Crippen LogP contribution in [0.4, 0.5) is 0 Å². The van der Waals surface area contributed by atoms with Gasteiger partial charge in [0.05, 0.1) is 18.9 Å². The molecule has 1 aromatic carbocycles. The lowest BCUT2D eigenvalue weighted by atomic mass is 9.97. The molecule has 1 aliphatic heterocycles. The zero-order chi connectivity index (χ0) is 19.3. The van der Waals surface area contributed by atoms with Crippen molar-refractivity contribution in [3.8, 4) is 17.2 Å². The van der Waals surface area contributed by atoms with Crippen LogP contribution < -0.4 is 4.74 Å². The van der Waals surface area contributed by atoms with Gasteiger partial charge in [-0.1, -0.05) is 12.1 Å². The summed E-state index contributed by atoms with van der Waals surface area (Å²) in [4.78, 5) is 14.7. The summed E-state index contributed by atoms with van der Waals surface area (Å²) in [6.45, 7) is 3.99. The van der Waals surface area contributed by atoms with Crippen molar-refractivity contribution in [1.29, 1.82) is 0 Å². The molecule has 0 unspecified atom stereocenters. The number of amides is 1. The number of nitrogens with zero attached hydrogens (tertiary/aromatic N) is 3. The highest BCUT2D eigenvalue weighted by Crippen LogP contribution is 2.29. The zero-order valence-corrected chi connectivity index (χ0v) is 16.7. The van der Waals surface area contributed by atoms with Crippen LogP contribution in [0.15, 0.2) is 45.5 Å². The Morgan fingerprint density at radius 1 is 1.29 bits per heavy atom. The number of hydrogen-bond donors (Lipinski definition) is 0. The van der Waals surface area contributed by atoms with Crippen molar-refractivity contribution in [2.45, 2.75) is 32.1 Å². The third kappa shape index (κ3) is 4.25. The molecular weight excluding hydrogens is 374 g/mol. The lowest BCUT2D eigenvalue weighted by Crippen LogP contribution is -2.40. The number of aromatic nitrogens is 2. The summed E-state index contributed by atoms with van der Waals surface area (Å²) in [7, 11) is 0. The molecule has 6 nitrogen and oxygen atoms in total. The molecule has 3 heterocycles. The number of hydrogen-bond acceptors (Lipinski definition) is 6. The second kappa shape index (κ2) is 8.56. The van der Waals surface area contributed by atoms with Gasteiger partial charge in [-0.3, -0.25) is 4.79 Å². The maximum atomic E-state index is 12.8. The van der Waals surface area contributed by atoms with Crippen molar-refractivity contribution in [3.63, 3.8) is 0 Å². The number of piperidine rings is 1. The Balaban J connectivity index is 1.38. The molecule has 1 fully saturated rings. The van der Waals surface area contributed by atoms with E-state index in [-0.39, 0.29) is 11.8 Å². The van der Waals surface area contributed by atoms with E-state index in [1.54, 1.807) is 11.3 Å². The van der Waals surface area contributed by atoms with E-state index in [2.05, 4.69) is 10.2 Å². The van der Waals surface area contributed by atoms with Crippen molar-refractivity contribution in [1.82, 2.24) is 15.1 Å². The number of rotatable bonds is 6. The molecule has 1 saturated heterocycles. The van der Waals surface area contributed by atoms with E-state index in [1.807, 2.05) is 52.9 Å². The van der Waals surface area contributed by atoms with Crippen LogP contribution in [-0.2, 0) is 11.2 Å². The molecule has 0 N–H and O–H groups in total. The normalized spacial score (nSPS) is 16.9. The van der Waals surface area contributed by atoms with E-state index < -0.39 is 0 Å². The number of benzene rings is 1. The van der Waals surface area contributed by atoms with Crippen molar-refractivity contribution in [2.24, 2.45) is 0 Å². The topological polar surface area (TPSA) is 68.5 Å². The minimum Gasteiger partial charge on any atom is -0.494 e. The number of likely N-dealkylation sites (tertiary alicyclic amines) is 1. The monoisotopic (exact) mass is 397 g/mol. The summed E-state index contributed by atoms with van der Waals surface area (Å²) in [5.74, 6) is 2.23. The molecule has 1 aliphatic rings. The van der Waals surface area contributed by atoms with Crippen LogP contribution in [0.1, 0.15) is 37.1 Å². The Labute approximate surface area is 168 Å². The smallest absolute Gasteiger partial charge is 0.248 e. The summed E-state index contributed by atoms with van der Waals surface area (Å²) in [5, 5.41) is 12.4. The molecule has 4 rings (SSSR count). The maximum Gasteiger partial charge on any atom is 0.248 e. The minimum absolute atomic E-state index is 0.0953. The Hall–Kier alpha value is -2.67. The average molecular weight is 398 g/mol. The summed E-state index contributed by atoms with van der Waals surface area (Å²) in [6, 6.07) is 9.70. The van der Waals surface area contributed by atoms with Gasteiger partial charge in [-0.05, 0) is 48.9 Å². The van der Waals surface area contributed by atoms with Crippen LogP contribution in [0, 0.1) is 0 Å². The second-order valence-corrected chi connectivity index (χ2v) is 7.67. The van der Waals surface area contributed by atoms with Crippen LogP contribution in [-0.4, -0.2) is 40.7 Å². The zero-order valence-electron chi connectivity index (χ0n) is 15.8. The molecule has 0 bridgehead atoms.